The molecule has 0 aliphatic heterocycles. The van der Waals surface area contributed by atoms with E-state index in [0.29, 0.717) is 11.3 Å². The van der Waals surface area contributed by atoms with Gasteiger partial charge in [0.05, 0.1) is 17.4 Å². The van der Waals surface area contributed by atoms with Crippen LogP contribution < -0.4 is 14.4 Å². The maximum atomic E-state index is 12.8. The first kappa shape index (κ1) is 21.8. The molecule has 0 unspecified atom stereocenters. The highest BCUT2D eigenvalue weighted by Crippen LogP contribution is 2.37. The fourth-order valence-corrected chi connectivity index (χ4v) is 2.74. The molecule has 1 aromatic carbocycles. The summed E-state index contributed by atoms with van der Waals surface area (Å²) in [4.78, 5) is 20.8. The number of carboxylic acid groups (broad SMARTS) is 1. The highest BCUT2D eigenvalue weighted by Gasteiger charge is 2.19. The van der Waals surface area contributed by atoms with Crippen LogP contribution in [-0.4, -0.2) is 34.3 Å². The van der Waals surface area contributed by atoms with Crippen LogP contribution in [0.4, 0.5) is 28.9 Å². The second-order valence-corrected chi connectivity index (χ2v) is 6.07. The Kier molecular flexibility index (Phi) is 6.85. The molecular formula is C20H15F4N3O4. The number of halogens is 4. The Labute approximate surface area is 173 Å². The molecule has 0 saturated heterocycles. The van der Waals surface area contributed by atoms with Gasteiger partial charge in [0.2, 0.25) is 0 Å². The van der Waals surface area contributed by atoms with Crippen LogP contribution in [0.5, 0.6) is 11.5 Å². The predicted octanol–water partition coefficient (Wildman–Crippen LogP) is 4.72. The molecule has 7 nitrogen and oxygen atoms in total. The summed E-state index contributed by atoms with van der Waals surface area (Å²) >= 11 is 0. The number of benzene rings is 1. The maximum Gasteiger partial charge on any atom is 0.387 e. The van der Waals surface area contributed by atoms with Crippen LogP contribution in [0.1, 0.15) is 15.9 Å². The SMILES string of the molecule is O=C(O)c1cncc(N(Cc2cccnc2)c2ccc(OC(F)F)c(OC(F)F)c2)c1. The molecule has 0 spiro atoms. The topological polar surface area (TPSA) is 84.8 Å². The van der Waals surface area contributed by atoms with Crippen LogP contribution in [-0.2, 0) is 6.54 Å². The molecular weight excluding hydrogens is 422 g/mol. The van der Waals surface area contributed by atoms with E-state index in [1.54, 1.807) is 29.4 Å². The first-order chi connectivity index (χ1) is 14.8. The highest BCUT2D eigenvalue weighted by molar-refractivity contribution is 5.88. The van der Waals surface area contributed by atoms with E-state index in [-0.39, 0.29) is 17.8 Å². The average Bonchev–Trinajstić information content (AvgIpc) is 2.73. The van der Waals surface area contributed by atoms with Gasteiger partial charge in [-0.25, -0.2) is 4.79 Å². The lowest BCUT2D eigenvalue weighted by Crippen LogP contribution is -2.18. The van der Waals surface area contributed by atoms with Gasteiger partial charge < -0.3 is 19.5 Å². The first-order valence-corrected chi connectivity index (χ1v) is 8.72. The van der Waals surface area contributed by atoms with Gasteiger partial charge in [-0.15, -0.1) is 0 Å². The molecule has 3 rings (SSSR count). The van der Waals surface area contributed by atoms with Crippen molar-refractivity contribution >= 4 is 17.3 Å². The van der Waals surface area contributed by atoms with Gasteiger partial charge in [-0.3, -0.25) is 9.97 Å². The Bertz CT molecular complexity index is 1040. The Hall–Kier alpha value is -3.89. The number of aromatic nitrogens is 2. The molecule has 0 radical (unpaired) electrons. The molecule has 0 aliphatic rings. The quantitative estimate of drug-likeness (QED) is 0.485. The van der Waals surface area contributed by atoms with Crippen molar-refractivity contribution in [3.8, 4) is 11.5 Å². The third-order valence-electron chi connectivity index (χ3n) is 4.02. The minimum atomic E-state index is -3.28. The fourth-order valence-electron chi connectivity index (χ4n) is 2.74. The third kappa shape index (κ3) is 5.81. The highest BCUT2D eigenvalue weighted by atomic mass is 19.3. The number of pyridine rings is 2. The van der Waals surface area contributed by atoms with Crippen molar-refractivity contribution in [1.82, 2.24) is 9.97 Å². The summed E-state index contributed by atoms with van der Waals surface area (Å²) in [7, 11) is 0. The summed E-state index contributed by atoms with van der Waals surface area (Å²) in [6.45, 7) is -6.38. The second kappa shape index (κ2) is 9.74. The first-order valence-electron chi connectivity index (χ1n) is 8.72. The van der Waals surface area contributed by atoms with Crippen molar-refractivity contribution in [3.63, 3.8) is 0 Å². The average molecular weight is 437 g/mol. The van der Waals surface area contributed by atoms with Gasteiger partial charge in [0.1, 0.15) is 0 Å². The van der Waals surface area contributed by atoms with Crippen LogP contribution in [0.2, 0.25) is 0 Å². The second-order valence-electron chi connectivity index (χ2n) is 6.07. The zero-order chi connectivity index (χ0) is 22.4. The summed E-state index contributed by atoms with van der Waals surface area (Å²) in [6, 6.07) is 8.27. The van der Waals surface area contributed by atoms with E-state index >= 15 is 0 Å². The van der Waals surface area contributed by atoms with Crippen molar-refractivity contribution in [3.05, 3.63) is 72.3 Å². The van der Waals surface area contributed by atoms with Crippen LogP contribution in [0.25, 0.3) is 0 Å². The summed E-state index contributed by atoms with van der Waals surface area (Å²) in [5.41, 5.74) is 1.16. The molecule has 2 aromatic heterocycles. The molecule has 3 aromatic rings. The van der Waals surface area contributed by atoms with Crippen LogP contribution in [0.15, 0.2) is 61.2 Å². The number of hydrogen-bond donors (Lipinski definition) is 1. The molecule has 2 heterocycles. The van der Waals surface area contributed by atoms with Gasteiger partial charge in [0.25, 0.3) is 0 Å². The zero-order valence-electron chi connectivity index (χ0n) is 15.7. The molecule has 0 amide bonds. The Balaban J connectivity index is 2.08. The van der Waals surface area contributed by atoms with Crippen molar-refractivity contribution in [2.75, 3.05) is 4.90 Å². The van der Waals surface area contributed by atoms with Crippen molar-refractivity contribution in [1.29, 1.82) is 0 Å². The number of ether oxygens (including phenoxy) is 2. The van der Waals surface area contributed by atoms with Crippen molar-refractivity contribution in [2.45, 2.75) is 19.8 Å². The molecule has 0 aliphatic carbocycles. The fraction of sp³-hybridized carbons (Fsp3) is 0.150. The lowest BCUT2D eigenvalue weighted by Gasteiger charge is -2.26. The summed E-state index contributed by atoms with van der Waals surface area (Å²) in [6.07, 6.45) is 5.65. The third-order valence-corrected chi connectivity index (χ3v) is 4.02. The Morgan fingerprint density at radius 3 is 2.32 bits per heavy atom. The smallest absolute Gasteiger partial charge is 0.387 e. The largest absolute Gasteiger partial charge is 0.478 e. The van der Waals surface area contributed by atoms with Gasteiger partial charge in [-0.05, 0) is 29.8 Å². The number of carbonyl (C=O) groups is 1. The van der Waals surface area contributed by atoms with Crippen molar-refractivity contribution in [2.24, 2.45) is 0 Å². The monoisotopic (exact) mass is 437 g/mol. The number of carboxylic acids is 1. The number of anilines is 2. The van der Waals surface area contributed by atoms with E-state index < -0.39 is 30.7 Å². The van der Waals surface area contributed by atoms with Gasteiger partial charge in [0.15, 0.2) is 11.5 Å². The van der Waals surface area contributed by atoms with Gasteiger partial charge in [0, 0.05) is 36.9 Å². The van der Waals surface area contributed by atoms with Crippen molar-refractivity contribution < 1.29 is 36.9 Å². The number of rotatable bonds is 9. The lowest BCUT2D eigenvalue weighted by molar-refractivity contribution is -0.0692. The molecule has 11 heteroatoms. The van der Waals surface area contributed by atoms with Gasteiger partial charge in [-0.1, -0.05) is 6.07 Å². The molecule has 0 bridgehead atoms. The molecule has 0 fully saturated rings. The maximum absolute atomic E-state index is 12.8. The van der Waals surface area contributed by atoms with E-state index in [0.717, 1.165) is 18.3 Å². The predicted molar refractivity (Wildman–Crippen MR) is 101 cm³/mol. The van der Waals surface area contributed by atoms with E-state index in [2.05, 4.69) is 19.4 Å². The standard InChI is InChI=1S/C20H15F4N3O4/c21-19(22)30-16-4-3-14(7-17(16)31-20(23)24)27(11-12-2-1-5-25-8-12)15-6-13(18(28)29)9-26-10-15/h1-10,19-20H,11H2,(H,28,29). The van der Waals surface area contributed by atoms with E-state index in [4.69, 9.17) is 0 Å². The summed E-state index contributed by atoms with van der Waals surface area (Å²) in [5, 5.41) is 9.26. The van der Waals surface area contributed by atoms with Crippen LogP contribution in [0, 0.1) is 0 Å². The van der Waals surface area contributed by atoms with E-state index in [9.17, 15) is 27.5 Å². The van der Waals surface area contributed by atoms with E-state index in [1.165, 1.54) is 18.3 Å². The molecule has 0 saturated carbocycles. The van der Waals surface area contributed by atoms with Crippen LogP contribution in [0.3, 0.4) is 0 Å². The number of hydrogen-bond acceptors (Lipinski definition) is 6. The molecule has 1 N–H and O–H groups in total. The summed E-state index contributed by atoms with van der Waals surface area (Å²) in [5.74, 6) is -2.39. The minimum Gasteiger partial charge on any atom is -0.478 e. The molecule has 31 heavy (non-hydrogen) atoms. The normalized spacial score (nSPS) is 10.9. The minimum absolute atomic E-state index is 0.101. The Morgan fingerprint density at radius 1 is 0.935 bits per heavy atom. The zero-order valence-corrected chi connectivity index (χ0v) is 15.7. The molecule has 0 atom stereocenters. The number of aromatic carboxylic acids is 1. The number of alkyl halides is 4. The van der Waals surface area contributed by atoms with Gasteiger partial charge >= 0.3 is 19.2 Å². The van der Waals surface area contributed by atoms with Gasteiger partial charge in [-0.2, -0.15) is 17.6 Å². The lowest BCUT2D eigenvalue weighted by atomic mass is 10.1. The van der Waals surface area contributed by atoms with Crippen LogP contribution >= 0.6 is 0 Å². The molecule has 162 valence electrons. The Morgan fingerprint density at radius 2 is 1.68 bits per heavy atom. The van der Waals surface area contributed by atoms with E-state index in [1.807, 2.05) is 0 Å². The summed E-state index contributed by atoms with van der Waals surface area (Å²) < 4.78 is 59.5. The number of nitrogens with zero attached hydrogens (tertiary/aromatic N) is 3.